The first-order chi connectivity index (χ1) is 11.8. The maximum absolute atomic E-state index is 12.1. The van der Waals surface area contributed by atoms with Gasteiger partial charge in [-0.3, -0.25) is 9.78 Å². The van der Waals surface area contributed by atoms with Crippen LogP contribution in [0.5, 0.6) is 11.5 Å². The molecule has 0 spiro atoms. The molecule has 0 aliphatic carbocycles. The third-order valence-corrected chi connectivity index (χ3v) is 3.57. The molecule has 1 aromatic heterocycles. The second-order valence-electron chi connectivity index (χ2n) is 5.17. The highest BCUT2D eigenvalue weighted by Gasteiger charge is 2.07. The van der Waals surface area contributed by atoms with Gasteiger partial charge in [0.05, 0.1) is 13.7 Å². The number of nitrogens with one attached hydrogen (secondary N) is 1. The number of methoxy groups -OCH3 is 1. The lowest BCUT2D eigenvalue weighted by atomic mass is 10.2. The summed E-state index contributed by atoms with van der Waals surface area (Å²) in [4.78, 5) is 16.4. The maximum Gasteiger partial charge on any atom is 0.251 e. The van der Waals surface area contributed by atoms with Crippen LogP contribution in [0, 0.1) is 0 Å². The van der Waals surface area contributed by atoms with Gasteiger partial charge in [0.25, 0.3) is 5.91 Å². The van der Waals surface area contributed by atoms with Gasteiger partial charge in [-0.15, -0.1) is 0 Å². The van der Waals surface area contributed by atoms with Gasteiger partial charge in [0.15, 0.2) is 0 Å². The van der Waals surface area contributed by atoms with Gasteiger partial charge in [0.2, 0.25) is 0 Å². The summed E-state index contributed by atoms with van der Waals surface area (Å²) >= 11 is 0. The summed E-state index contributed by atoms with van der Waals surface area (Å²) in [5, 5.41) is 3.85. The fourth-order valence-electron chi connectivity index (χ4n) is 2.38. The van der Waals surface area contributed by atoms with Crippen molar-refractivity contribution in [2.45, 2.75) is 0 Å². The molecule has 0 atom stereocenters. The minimum Gasteiger partial charge on any atom is -0.497 e. The SMILES string of the molecule is COc1cccc(C(=O)NCCOc2cccc3cccnc23)c1. The molecule has 24 heavy (non-hydrogen) atoms. The first-order valence-corrected chi connectivity index (χ1v) is 7.67. The van der Waals surface area contributed by atoms with Crippen LogP contribution in [0.2, 0.25) is 0 Å². The predicted octanol–water partition coefficient (Wildman–Crippen LogP) is 3.05. The van der Waals surface area contributed by atoms with Crippen molar-refractivity contribution in [3.63, 3.8) is 0 Å². The van der Waals surface area contributed by atoms with Crippen molar-refractivity contribution >= 4 is 16.8 Å². The molecule has 0 unspecified atom stereocenters. The molecule has 3 rings (SSSR count). The number of aromatic nitrogens is 1. The van der Waals surface area contributed by atoms with Gasteiger partial charge < -0.3 is 14.8 Å². The number of para-hydroxylation sites is 1. The normalized spacial score (nSPS) is 10.4. The monoisotopic (exact) mass is 322 g/mol. The van der Waals surface area contributed by atoms with Gasteiger partial charge in [-0.25, -0.2) is 0 Å². The number of rotatable bonds is 6. The number of hydrogen-bond donors (Lipinski definition) is 1. The Morgan fingerprint density at radius 3 is 2.83 bits per heavy atom. The Bertz CT molecular complexity index is 843. The molecule has 0 bridgehead atoms. The van der Waals surface area contributed by atoms with Crippen LogP contribution in [0.4, 0.5) is 0 Å². The number of benzene rings is 2. The van der Waals surface area contributed by atoms with E-state index < -0.39 is 0 Å². The van der Waals surface area contributed by atoms with E-state index in [1.165, 1.54) is 0 Å². The van der Waals surface area contributed by atoms with Crippen LogP contribution < -0.4 is 14.8 Å². The van der Waals surface area contributed by atoms with Crippen molar-refractivity contribution in [3.05, 3.63) is 66.4 Å². The number of ether oxygens (including phenoxy) is 2. The van der Waals surface area contributed by atoms with E-state index in [1.54, 1.807) is 37.6 Å². The first kappa shape index (κ1) is 15.8. The molecule has 0 fully saturated rings. The Balaban J connectivity index is 1.55. The van der Waals surface area contributed by atoms with Crippen LogP contribution in [-0.2, 0) is 0 Å². The Kier molecular flexibility index (Phi) is 4.91. The standard InChI is InChI=1S/C19H18N2O3/c1-23-16-8-2-6-15(13-16)19(22)21-11-12-24-17-9-3-5-14-7-4-10-20-18(14)17/h2-10,13H,11-12H2,1H3,(H,21,22). The third-order valence-electron chi connectivity index (χ3n) is 3.57. The highest BCUT2D eigenvalue weighted by Crippen LogP contribution is 2.22. The van der Waals surface area contributed by atoms with Crippen LogP contribution in [0.15, 0.2) is 60.8 Å². The lowest BCUT2D eigenvalue weighted by molar-refractivity contribution is 0.0947. The Morgan fingerprint density at radius 2 is 1.96 bits per heavy atom. The lowest BCUT2D eigenvalue weighted by Gasteiger charge is -2.10. The Hall–Kier alpha value is -3.08. The minimum atomic E-state index is -0.159. The first-order valence-electron chi connectivity index (χ1n) is 7.67. The molecule has 0 aliphatic heterocycles. The number of carbonyl (C=O) groups is 1. The largest absolute Gasteiger partial charge is 0.497 e. The summed E-state index contributed by atoms with van der Waals surface area (Å²) in [6, 6.07) is 16.7. The Morgan fingerprint density at radius 1 is 1.12 bits per heavy atom. The fraction of sp³-hybridized carbons (Fsp3) is 0.158. The van der Waals surface area contributed by atoms with Crippen molar-refractivity contribution < 1.29 is 14.3 Å². The van der Waals surface area contributed by atoms with Crippen LogP contribution >= 0.6 is 0 Å². The van der Waals surface area contributed by atoms with Crippen LogP contribution in [0.1, 0.15) is 10.4 Å². The van der Waals surface area contributed by atoms with E-state index in [4.69, 9.17) is 9.47 Å². The minimum absolute atomic E-state index is 0.159. The van der Waals surface area contributed by atoms with Gasteiger partial charge in [0, 0.05) is 17.1 Å². The number of amides is 1. The molecular weight excluding hydrogens is 304 g/mol. The van der Waals surface area contributed by atoms with Gasteiger partial charge in [-0.2, -0.15) is 0 Å². The highest BCUT2D eigenvalue weighted by atomic mass is 16.5. The molecular formula is C19H18N2O3. The molecule has 1 N–H and O–H groups in total. The molecule has 1 heterocycles. The predicted molar refractivity (Wildman–Crippen MR) is 92.6 cm³/mol. The molecule has 1 amide bonds. The van der Waals surface area contributed by atoms with E-state index in [-0.39, 0.29) is 5.91 Å². The second kappa shape index (κ2) is 7.46. The summed E-state index contributed by atoms with van der Waals surface area (Å²) in [6.45, 7) is 0.769. The van der Waals surface area contributed by atoms with Crippen molar-refractivity contribution in [3.8, 4) is 11.5 Å². The molecule has 3 aromatic rings. The molecule has 0 saturated carbocycles. The van der Waals surface area contributed by atoms with Gasteiger partial charge in [-0.05, 0) is 30.3 Å². The van der Waals surface area contributed by atoms with Crippen molar-refractivity contribution in [2.24, 2.45) is 0 Å². The zero-order chi connectivity index (χ0) is 16.8. The molecule has 0 aliphatic rings. The van der Waals surface area contributed by atoms with Crippen LogP contribution in [0.3, 0.4) is 0 Å². The average molecular weight is 322 g/mol. The summed E-state index contributed by atoms with van der Waals surface area (Å²) in [5.74, 6) is 1.21. The summed E-state index contributed by atoms with van der Waals surface area (Å²) in [6.07, 6.45) is 1.74. The highest BCUT2D eigenvalue weighted by molar-refractivity contribution is 5.94. The molecule has 5 heteroatoms. The van der Waals surface area contributed by atoms with Gasteiger partial charge >= 0.3 is 0 Å². The second-order valence-corrected chi connectivity index (χ2v) is 5.17. The molecule has 0 saturated heterocycles. The molecule has 5 nitrogen and oxygen atoms in total. The molecule has 0 radical (unpaired) electrons. The van der Waals surface area contributed by atoms with Crippen LogP contribution in [0.25, 0.3) is 10.9 Å². The summed E-state index contributed by atoms with van der Waals surface area (Å²) in [5.41, 5.74) is 1.38. The zero-order valence-corrected chi connectivity index (χ0v) is 13.4. The number of fused-ring (bicyclic) bond motifs is 1. The number of pyridine rings is 1. The fourth-order valence-corrected chi connectivity index (χ4v) is 2.38. The lowest BCUT2D eigenvalue weighted by Crippen LogP contribution is -2.28. The van der Waals surface area contributed by atoms with E-state index in [2.05, 4.69) is 10.3 Å². The smallest absolute Gasteiger partial charge is 0.251 e. The van der Waals surface area contributed by atoms with E-state index in [0.29, 0.717) is 30.2 Å². The summed E-state index contributed by atoms with van der Waals surface area (Å²) in [7, 11) is 1.57. The zero-order valence-electron chi connectivity index (χ0n) is 13.4. The molecule has 2 aromatic carbocycles. The summed E-state index contributed by atoms with van der Waals surface area (Å²) < 4.78 is 10.9. The maximum atomic E-state index is 12.1. The third kappa shape index (κ3) is 3.63. The van der Waals surface area contributed by atoms with E-state index in [0.717, 1.165) is 10.9 Å². The number of carbonyl (C=O) groups excluding carboxylic acids is 1. The molecule has 122 valence electrons. The van der Waals surface area contributed by atoms with Gasteiger partial charge in [-0.1, -0.05) is 24.3 Å². The van der Waals surface area contributed by atoms with E-state index in [1.807, 2.05) is 30.3 Å². The quantitative estimate of drug-likeness (QED) is 0.709. The number of hydrogen-bond acceptors (Lipinski definition) is 4. The van der Waals surface area contributed by atoms with E-state index >= 15 is 0 Å². The van der Waals surface area contributed by atoms with Crippen molar-refractivity contribution in [2.75, 3.05) is 20.3 Å². The average Bonchev–Trinajstić information content (AvgIpc) is 2.65. The Labute approximate surface area is 140 Å². The van der Waals surface area contributed by atoms with Gasteiger partial charge in [0.1, 0.15) is 23.6 Å². The van der Waals surface area contributed by atoms with Crippen LogP contribution in [-0.4, -0.2) is 31.2 Å². The van der Waals surface area contributed by atoms with E-state index in [9.17, 15) is 4.79 Å². The van der Waals surface area contributed by atoms with Crippen molar-refractivity contribution in [1.82, 2.24) is 10.3 Å². The topological polar surface area (TPSA) is 60.5 Å². The number of nitrogens with zero attached hydrogens (tertiary/aromatic N) is 1. The van der Waals surface area contributed by atoms with Crippen molar-refractivity contribution in [1.29, 1.82) is 0 Å².